The third-order valence-electron chi connectivity index (χ3n) is 5.65. The normalized spacial score (nSPS) is 16.9. The maximum absolute atomic E-state index is 10.4. The number of aliphatic imine (C=N–C) groups is 1. The van der Waals surface area contributed by atoms with Gasteiger partial charge in [-0.2, -0.15) is 0 Å². The first kappa shape index (κ1) is 24.0. The fourth-order valence-corrected chi connectivity index (χ4v) is 3.84. The van der Waals surface area contributed by atoms with E-state index >= 15 is 0 Å². The summed E-state index contributed by atoms with van der Waals surface area (Å²) in [5.41, 5.74) is 2.15. The minimum Gasteiger partial charge on any atom is -0.497 e. The zero-order valence-electron chi connectivity index (χ0n) is 19.2. The molecular formula is C25H36N4O3. The van der Waals surface area contributed by atoms with E-state index in [-0.39, 0.29) is 6.04 Å². The summed E-state index contributed by atoms with van der Waals surface area (Å²) in [7, 11) is 1.68. The molecule has 32 heavy (non-hydrogen) atoms. The van der Waals surface area contributed by atoms with Crippen molar-refractivity contribution < 1.29 is 14.6 Å². The van der Waals surface area contributed by atoms with Gasteiger partial charge in [-0.25, -0.2) is 0 Å². The lowest BCUT2D eigenvalue weighted by molar-refractivity contribution is 0.0179. The number of morpholine rings is 1. The first-order chi connectivity index (χ1) is 15.7. The van der Waals surface area contributed by atoms with Crippen LogP contribution in [0.1, 0.15) is 36.6 Å². The zero-order chi connectivity index (χ0) is 22.6. The zero-order valence-corrected chi connectivity index (χ0v) is 19.2. The first-order valence-corrected chi connectivity index (χ1v) is 11.4. The van der Waals surface area contributed by atoms with Crippen LogP contribution >= 0.6 is 0 Å². The summed E-state index contributed by atoms with van der Waals surface area (Å²) in [6.45, 7) is 7.35. The smallest absolute Gasteiger partial charge is 0.191 e. The Hall–Kier alpha value is -2.61. The molecule has 0 bridgehead atoms. The average molecular weight is 441 g/mol. The minimum atomic E-state index is -0.494. The number of ether oxygens (including phenoxy) is 2. The molecule has 1 saturated heterocycles. The predicted octanol–water partition coefficient (Wildman–Crippen LogP) is 2.75. The Balaban J connectivity index is 1.64. The number of methoxy groups -OCH3 is 1. The summed E-state index contributed by atoms with van der Waals surface area (Å²) in [6.07, 6.45) is 0.117. The van der Waals surface area contributed by atoms with Gasteiger partial charge in [0.25, 0.3) is 0 Å². The third-order valence-corrected chi connectivity index (χ3v) is 5.65. The second-order valence-corrected chi connectivity index (χ2v) is 7.80. The Morgan fingerprint density at radius 1 is 1.06 bits per heavy atom. The van der Waals surface area contributed by atoms with Crippen molar-refractivity contribution in [2.75, 3.05) is 53.0 Å². The Bertz CT molecular complexity index is 808. The quantitative estimate of drug-likeness (QED) is 0.390. The summed E-state index contributed by atoms with van der Waals surface area (Å²) < 4.78 is 10.9. The van der Waals surface area contributed by atoms with E-state index in [0.29, 0.717) is 19.5 Å². The van der Waals surface area contributed by atoms with Crippen LogP contribution in [0.5, 0.6) is 5.75 Å². The lowest BCUT2D eigenvalue weighted by atomic mass is 10.0. The summed E-state index contributed by atoms with van der Waals surface area (Å²) >= 11 is 0. The van der Waals surface area contributed by atoms with Gasteiger partial charge in [0, 0.05) is 26.2 Å². The number of guanidine groups is 1. The second-order valence-electron chi connectivity index (χ2n) is 7.80. The van der Waals surface area contributed by atoms with Crippen LogP contribution in [0.4, 0.5) is 0 Å². The van der Waals surface area contributed by atoms with Crippen molar-refractivity contribution >= 4 is 5.96 Å². The van der Waals surface area contributed by atoms with Crippen molar-refractivity contribution in [2.45, 2.75) is 25.5 Å². The lowest BCUT2D eigenvalue weighted by Gasteiger charge is -2.34. The van der Waals surface area contributed by atoms with E-state index < -0.39 is 6.10 Å². The van der Waals surface area contributed by atoms with E-state index in [1.54, 1.807) is 7.11 Å². The number of benzene rings is 2. The summed E-state index contributed by atoms with van der Waals surface area (Å²) in [4.78, 5) is 7.30. The standard InChI is InChI=1S/C25H36N4O3/c1-3-26-25(27-14-13-24(30)21-7-5-4-6-8-21)28-19-23(29-15-17-32-18-16-29)20-9-11-22(31-2)12-10-20/h4-12,23-24,30H,3,13-19H2,1-2H3,(H2,26,27,28). The van der Waals surface area contributed by atoms with Crippen molar-refractivity contribution in [1.82, 2.24) is 15.5 Å². The van der Waals surface area contributed by atoms with Crippen LogP contribution in [0.15, 0.2) is 59.6 Å². The van der Waals surface area contributed by atoms with Crippen LogP contribution in [0, 0.1) is 0 Å². The van der Waals surface area contributed by atoms with Crippen molar-refractivity contribution in [1.29, 1.82) is 0 Å². The SMILES string of the molecule is CCNC(=NCC(c1ccc(OC)cc1)N1CCOCC1)NCCC(O)c1ccccc1. The molecule has 0 radical (unpaired) electrons. The van der Waals surface area contributed by atoms with Gasteiger partial charge in [-0.15, -0.1) is 0 Å². The maximum atomic E-state index is 10.4. The highest BCUT2D eigenvalue weighted by Crippen LogP contribution is 2.24. The number of nitrogens with one attached hydrogen (secondary N) is 2. The maximum Gasteiger partial charge on any atom is 0.191 e. The molecule has 7 heteroatoms. The molecule has 3 rings (SSSR count). The first-order valence-electron chi connectivity index (χ1n) is 11.4. The average Bonchev–Trinajstić information content (AvgIpc) is 2.85. The van der Waals surface area contributed by atoms with Crippen LogP contribution < -0.4 is 15.4 Å². The molecule has 0 saturated carbocycles. The molecule has 2 atom stereocenters. The van der Waals surface area contributed by atoms with E-state index in [2.05, 4.69) is 34.6 Å². The molecule has 174 valence electrons. The highest BCUT2D eigenvalue weighted by atomic mass is 16.5. The number of hydrogen-bond donors (Lipinski definition) is 3. The number of aliphatic hydroxyl groups excluding tert-OH is 1. The van der Waals surface area contributed by atoms with Crippen LogP contribution in [0.2, 0.25) is 0 Å². The Morgan fingerprint density at radius 2 is 1.78 bits per heavy atom. The van der Waals surface area contributed by atoms with Crippen molar-refractivity contribution in [3.63, 3.8) is 0 Å². The molecule has 3 N–H and O–H groups in total. The van der Waals surface area contributed by atoms with Crippen molar-refractivity contribution in [2.24, 2.45) is 4.99 Å². The number of nitrogens with zero attached hydrogens (tertiary/aromatic N) is 2. The molecule has 0 amide bonds. The van der Waals surface area contributed by atoms with E-state index in [4.69, 9.17) is 14.5 Å². The van der Waals surface area contributed by atoms with Crippen LogP contribution in [-0.2, 0) is 4.74 Å². The molecule has 1 aliphatic rings. The van der Waals surface area contributed by atoms with E-state index in [1.165, 1.54) is 5.56 Å². The molecule has 1 fully saturated rings. The van der Waals surface area contributed by atoms with Crippen molar-refractivity contribution in [3.05, 3.63) is 65.7 Å². The monoisotopic (exact) mass is 440 g/mol. The molecule has 0 spiro atoms. The highest BCUT2D eigenvalue weighted by Gasteiger charge is 2.22. The van der Waals surface area contributed by atoms with Gasteiger partial charge >= 0.3 is 0 Å². The number of aliphatic hydroxyl groups is 1. The Kier molecular flexibility index (Phi) is 9.81. The van der Waals surface area contributed by atoms with Gasteiger partial charge < -0.3 is 25.2 Å². The molecule has 2 aromatic carbocycles. The van der Waals surface area contributed by atoms with Gasteiger partial charge in [-0.3, -0.25) is 9.89 Å². The van der Waals surface area contributed by atoms with Gasteiger partial charge in [-0.1, -0.05) is 42.5 Å². The van der Waals surface area contributed by atoms with Gasteiger partial charge in [0.1, 0.15) is 5.75 Å². The fourth-order valence-electron chi connectivity index (χ4n) is 3.84. The molecule has 0 aromatic heterocycles. The van der Waals surface area contributed by atoms with E-state index in [1.807, 2.05) is 42.5 Å². The molecule has 2 unspecified atom stereocenters. The summed E-state index contributed by atoms with van der Waals surface area (Å²) in [5.74, 6) is 1.62. The van der Waals surface area contributed by atoms with Gasteiger partial charge in [0.2, 0.25) is 0 Å². The van der Waals surface area contributed by atoms with E-state index in [0.717, 1.165) is 50.1 Å². The van der Waals surface area contributed by atoms with Gasteiger partial charge in [0.15, 0.2) is 5.96 Å². The highest BCUT2D eigenvalue weighted by molar-refractivity contribution is 5.79. The van der Waals surface area contributed by atoms with E-state index in [9.17, 15) is 5.11 Å². The van der Waals surface area contributed by atoms with Gasteiger partial charge in [0.05, 0.1) is 39.0 Å². The topological polar surface area (TPSA) is 78.4 Å². The second kappa shape index (κ2) is 13.1. The molecular weight excluding hydrogens is 404 g/mol. The van der Waals surface area contributed by atoms with Crippen molar-refractivity contribution in [3.8, 4) is 5.75 Å². The van der Waals surface area contributed by atoms with Crippen LogP contribution in [-0.4, -0.2) is 69.0 Å². The Labute approximate surface area is 191 Å². The summed E-state index contributed by atoms with van der Waals surface area (Å²) in [6, 6.07) is 18.1. The largest absolute Gasteiger partial charge is 0.497 e. The Morgan fingerprint density at radius 3 is 2.44 bits per heavy atom. The predicted molar refractivity (Wildman–Crippen MR) is 128 cm³/mol. The minimum absolute atomic E-state index is 0.162. The molecule has 0 aliphatic carbocycles. The molecule has 1 heterocycles. The third kappa shape index (κ3) is 7.22. The molecule has 1 aliphatic heterocycles. The fraction of sp³-hybridized carbons (Fsp3) is 0.480. The number of hydrogen-bond acceptors (Lipinski definition) is 5. The number of rotatable bonds is 10. The lowest BCUT2D eigenvalue weighted by Crippen LogP contribution is -2.42. The van der Waals surface area contributed by atoms with Crippen LogP contribution in [0.3, 0.4) is 0 Å². The molecule has 2 aromatic rings. The van der Waals surface area contributed by atoms with Gasteiger partial charge in [-0.05, 0) is 36.6 Å². The summed E-state index contributed by atoms with van der Waals surface area (Å²) in [5, 5.41) is 17.1. The molecule has 7 nitrogen and oxygen atoms in total. The van der Waals surface area contributed by atoms with Crippen LogP contribution in [0.25, 0.3) is 0 Å².